The lowest BCUT2D eigenvalue weighted by Crippen LogP contribution is -2.10. The summed E-state index contributed by atoms with van der Waals surface area (Å²) in [5, 5.41) is 12.0. The molecule has 0 saturated heterocycles. The minimum absolute atomic E-state index is 0.0280. The Morgan fingerprint density at radius 3 is 2.77 bits per heavy atom. The van der Waals surface area contributed by atoms with Crippen LogP contribution < -0.4 is 5.32 Å². The highest BCUT2D eigenvalue weighted by molar-refractivity contribution is 6.30. The summed E-state index contributed by atoms with van der Waals surface area (Å²) in [6.07, 6.45) is 1.72. The van der Waals surface area contributed by atoms with Crippen LogP contribution in [-0.2, 0) is 6.42 Å². The Balaban J connectivity index is 2.36. The van der Waals surface area contributed by atoms with Gasteiger partial charge in [-0.1, -0.05) is 25.4 Å². The molecule has 2 N–H and O–H groups in total. The van der Waals surface area contributed by atoms with E-state index in [1.807, 2.05) is 13.8 Å². The third kappa shape index (κ3) is 3.92. The Morgan fingerprint density at radius 2 is 2.18 bits per heavy atom. The molecule has 0 aliphatic heterocycles. The first-order valence-corrected chi connectivity index (χ1v) is 7.06. The van der Waals surface area contributed by atoms with Gasteiger partial charge < -0.3 is 10.4 Å². The van der Waals surface area contributed by atoms with Crippen molar-refractivity contribution in [3.8, 4) is 0 Å². The summed E-state index contributed by atoms with van der Waals surface area (Å²) < 4.78 is 13.5. The molecule has 1 aromatic carbocycles. The summed E-state index contributed by atoms with van der Waals surface area (Å²) in [5.41, 5.74) is 0.859. The van der Waals surface area contributed by atoms with Gasteiger partial charge in [-0.05, 0) is 30.5 Å². The molecule has 0 spiro atoms. The van der Waals surface area contributed by atoms with Crippen molar-refractivity contribution in [2.75, 3.05) is 5.32 Å². The van der Waals surface area contributed by atoms with Gasteiger partial charge in [0.2, 0.25) is 0 Å². The number of carboxylic acids is 1. The van der Waals surface area contributed by atoms with Crippen LogP contribution in [0.5, 0.6) is 0 Å². The molecule has 0 bridgehead atoms. The van der Waals surface area contributed by atoms with E-state index in [0.717, 1.165) is 0 Å². The molecular weight excluding hydrogens is 309 g/mol. The molecule has 116 valence electrons. The molecule has 0 aliphatic rings. The summed E-state index contributed by atoms with van der Waals surface area (Å²) in [6, 6.07) is 4.28. The van der Waals surface area contributed by atoms with Crippen LogP contribution in [0.3, 0.4) is 0 Å². The van der Waals surface area contributed by atoms with Gasteiger partial charge in [-0.3, -0.25) is 0 Å². The zero-order valence-corrected chi connectivity index (χ0v) is 12.9. The third-order valence-electron chi connectivity index (χ3n) is 2.85. The van der Waals surface area contributed by atoms with Crippen molar-refractivity contribution in [3.63, 3.8) is 0 Å². The fraction of sp³-hybridized carbons (Fsp3) is 0.267. The Morgan fingerprint density at radius 1 is 1.45 bits per heavy atom. The van der Waals surface area contributed by atoms with Crippen LogP contribution in [0.15, 0.2) is 24.4 Å². The number of aromatic carboxylic acids is 1. The fourth-order valence-corrected chi connectivity index (χ4v) is 1.99. The Bertz CT molecular complexity index is 707. The number of aromatic nitrogens is 2. The number of rotatable bonds is 5. The number of halogens is 2. The molecule has 1 heterocycles. The number of nitrogens with zero attached hydrogens (tertiary/aromatic N) is 2. The Labute approximate surface area is 132 Å². The lowest BCUT2D eigenvalue weighted by Gasteiger charge is -2.12. The Kier molecular flexibility index (Phi) is 4.92. The van der Waals surface area contributed by atoms with Gasteiger partial charge in [-0.2, -0.15) is 0 Å². The molecular formula is C15H15ClFN3O2. The number of benzene rings is 1. The second kappa shape index (κ2) is 6.70. The average molecular weight is 324 g/mol. The summed E-state index contributed by atoms with van der Waals surface area (Å²) in [5.74, 6) is -1.02. The topological polar surface area (TPSA) is 75.1 Å². The first kappa shape index (κ1) is 16.2. The maximum atomic E-state index is 13.5. The predicted molar refractivity (Wildman–Crippen MR) is 82.2 cm³/mol. The molecule has 0 atom stereocenters. The monoisotopic (exact) mass is 323 g/mol. The van der Waals surface area contributed by atoms with Crippen LogP contribution in [0, 0.1) is 11.7 Å². The van der Waals surface area contributed by atoms with Crippen LogP contribution >= 0.6 is 11.6 Å². The van der Waals surface area contributed by atoms with Gasteiger partial charge in [-0.15, -0.1) is 0 Å². The van der Waals surface area contributed by atoms with Crippen molar-refractivity contribution in [2.45, 2.75) is 20.3 Å². The second-order valence-corrected chi connectivity index (χ2v) is 5.61. The third-order valence-corrected chi connectivity index (χ3v) is 3.15. The van der Waals surface area contributed by atoms with E-state index in [1.165, 1.54) is 18.3 Å². The number of hydrogen-bond acceptors (Lipinski definition) is 4. The number of anilines is 2. The van der Waals surface area contributed by atoms with E-state index in [2.05, 4.69) is 15.3 Å². The fourth-order valence-electron chi connectivity index (χ4n) is 1.87. The molecule has 0 fully saturated rings. The van der Waals surface area contributed by atoms with Crippen molar-refractivity contribution in [2.24, 2.45) is 5.92 Å². The molecule has 7 heteroatoms. The van der Waals surface area contributed by atoms with Gasteiger partial charge in [-0.25, -0.2) is 19.2 Å². The zero-order chi connectivity index (χ0) is 16.3. The van der Waals surface area contributed by atoms with E-state index in [4.69, 9.17) is 16.7 Å². The van der Waals surface area contributed by atoms with Crippen molar-refractivity contribution in [3.05, 3.63) is 46.6 Å². The van der Waals surface area contributed by atoms with E-state index in [9.17, 15) is 9.18 Å². The maximum absolute atomic E-state index is 13.5. The number of hydrogen-bond donors (Lipinski definition) is 2. The van der Waals surface area contributed by atoms with Crippen LogP contribution in [0.4, 0.5) is 15.9 Å². The van der Waals surface area contributed by atoms with Gasteiger partial charge in [0.15, 0.2) is 11.5 Å². The summed E-state index contributed by atoms with van der Waals surface area (Å²) in [7, 11) is 0. The zero-order valence-electron chi connectivity index (χ0n) is 12.1. The first-order chi connectivity index (χ1) is 10.4. The largest absolute Gasteiger partial charge is 0.476 e. The quantitative estimate of drug-likeness (QED) is 0.872. The van der Waals surface area contributed by atoms with Crippen molar-refractivity contribution < 1.29 is 14.3 Å². The van der Waals surface area contributed by atoms with E-state index in [0.29, 0.717) is 23.6 Å². The maximum Gasteiger partial charge on any atom is 0.356 e. The highest BCUT2D eigenvalue weighted by atomic mass is 35.5. The van der Waals surface area contributed by atoms with Gasteiger partial charge in [0.1, 0.15) is 5.82 Å². The lowest BCUT2D eigenvalue weighted by atomic mass is 10.1. The molecule has 0 amide bonds. The summed E-state index contributed by atoms with van der Waals surface area (Å²) in [4.78, 5) is 19.2. The molecule has 22 heavy (non-hydrogen) atoms. The summed E-state index contributed by atoms with van der Waals surface area (Å²) >= 11 is 5.64. The molecule has 0 aliphatic carbocycles. The van der Waals surface area contributed by atoms with Crippen LogP contribution in [0.1, 0.15) is 30.0 Å². The molecule has 2 aromatic rings. The molecule has 5 nitrogen and oxygen atoms in total. The number of carbonyl (C=O) groups is 1. The van der Waals surface area contributed by atoms with Crippen molar-refractivity contribution in [1.29, 1.82) is 0 Å². The molecule has 0 saturated carbocycles. The predicted octanol–water partition coefficient (Wildman–Crippen LogP) is 3.91. The highest BCUT2D eigenvalue weighted by Crippen LogP contribution is 2.23. The Hall–Kier alpha value is -2.21. The molecule has 0 unspecified atom stereocenters. The minimum atomic E-state index is -1.14. The highest BCUT2D eigenvalue weighted by Gasteiger charge is 2.14. The summed E-state index contributed by atoms with van der Waals surface area (Å²) in [6.45, 7) is 3.97. The molecule has 2 rings (SSSR count). The normalized spacial score (nSPS) is 10.8. The van der Waals surface area contributed by atoms with Crippen molar-refractivity contribution in [1.82, 2.24) is 9.97 Å². The van der Waals surface area contributed by atoms with Gasteiger partial charge in [0.05, 0.1) is 16.9 Å². The smallest absolute Gasteiger partial charge is 0.356 e. The van der Waals surface area contributed by atoms with Crippen molar-refractivity contribution >= 4 is 29.1 Å². The van der Waals surface area contributed by atoms with Gasteiger partial charge in [0.25, 0.3) is 0 Å². The van der Waals surface area contributed by atoms with Crippen LogP contribution in [-0.4, -0.2) is 21.0 Å². The SMILES string of the molecule is CC(C)Cc1nc(C(=O)O)cnc1Nc1ccc(Cl)c(F)c1. The number of carboxylic acid groups (broad SMARTS) is 1. The van der Waals surface area contributed by atoms with Crippen LogP contribution in [0.2, 0.25) is 5.02 Å². The van der Waals surface area contributed by atoms with Gasteiger partial charge >= 0.3 is 5.97 Å². The average Bonchev–Trinajstić information content (AvgIpc) is 2.44. The molecule has 1 aromatic heterocycles. The van der Waals surface area contributed by atoms with E-state index in [-0.39, 0.29) is 16.6 Å². The van der Waals surface area contributed by atoms with E-state index >= 15 is 0 Å². The van der Waals surface area contributed by atoms with Crippen LogP contribution in [0.25, 0.3) is 0 Å². The molecule has 0 radical (unpaired) electrons. The number of nitrogens with one attached hydrogen (secondary N) is 1. The minimum Gasteiger partial charge on any atom is -0.476 e. The van der Waals surface area contributed by atoms with E-state index in [1.54, 1.807) is 6.07 Å². The standard InChI is InChI=1S/C15H15ClFN3O2/c1-8(2)5-12-14(18-7-13(20-12)15(21)22)19-9-3-4-10(16)11(17)6-9/h3-4,6-8H,5H2,1-2H3,(H,18,19)(H,21,22). The van der Waals surface area contributed by atoms with E-state index < -0.39 is 11.8 Å². The lowest BCUT2D eigenvalue weighted by molar-refractivity contribution is 0.0689. The van der Waals surface area contributed by atoms with Gasteiger partial charge in [0, 0.05) is 5.69 Å². The first-order valence-electron chi connectivity index (χ1n) is 6.68. The second-order valence-electron chi connectivity index (χ2n) is 5.21.